The summed E-state index contributed by atoms with van der Waals surface area (Å²) in [5.74, 6) is -0.287. The molecular weight excluding hydrogens is 458 g/mol. The number of aryl methyl sites for hydroxylation is 1. The molecule has 0 saturated heterocycles. The lowest BCUT2D eigenvalue weighted by Gasteiger charge is -2.28. The number of para-hydroxylation sites is 1. The average molecular weight is 488 g/mol. The number of aromatic nitrogens is 1. The van der Waals surface area contributed by atoms with Crippen molar-refractivity contribution in [2.45, 2.75) is 36.6 Å². The third kappa shape index (κ3) is 5.01. The van der Waals surface area contributed by atoms with Gasteiger partial charge in [0.15, 0.2) is 0 Å². The fourth-order valence-corrected chi connectivity index (χ4v) is 6.33. The monoisotopic (exact) mass is 487 g/mol. The van der Waals surface area contributed by atoms with Crippen molar-refractivity contribution in [1.82, 2.24) is 14.6 Å². The summed E-state index contributed by atoms with van der Waals surface area (Å²) in [7, 11) is -3.84. The number of benzene rings is 3. The number of nitrogens with one attached hydrogen (secondary N) is 2. The zero-order valence-corrected chi connectivity index (χ0v) is 20.3. The Labute approximate surface area is 206 Å². The Morgan fingerprint density at radius 2 is 1.71 bits per heavy atom. The number of amides is 1. The quantitative estimate of drug-likeness (QED) is 0.381. The third-order valence-electron chi connectivity index (χ3n) is 6.71. The molecule has 0 saturated carbocycles. The van der Waals surface area contributed by atoms with Gasteiger partial charge in [-0.1, -0.05) is 60.7 Å². The number of rotatable bonds is 8. The Morgan fingerprint density at radius 1 is 0.971 bits per heavy atom. The van der Waals surface area contributed by atoms with Gasteiger partial charge in [-0.2, -0.15) is 4.31 Å². The van der Waals surface area contributed by atoms with Crippen molar-refractivity contribution in [3.8, 4) is 0 Å². The van der Waals surface area contributed by atoms with Crippen LogP contribution < -0.4 is 5.32 Å². The van der Waals surface area contributed by atoms with Crippen molar-refractivity contribution in [3.05, 3.63) is 102 Å². The lowest BCUT2D eigenvalue weighted by Crippen LogP contribution is -2.43. The van der Waals surface area contributed by atoms with Crippen molar-refractivity contribution >= 4 is 26.8 Å². The van der Waals surface area contributed by atoms with Crippen LogP contribution in [0.5, 0.6) is 0 Å². The van der Waals surface area contributed by atoms with Crippen molar-refractivity contribution in [2.24, 2.45) is 0 Å². The number of fused-ring (bicyclic) bond motifs is 2. The molecule has 2 N–H and O–H groups in total. The highest BCUT2D eigenvalue weighted by Crippen LogP contribution is 2.29. The lowest BCUT2D eigenvalue weighted by molar-refractivity contribution is -0.122. The van der Waals surface area contributed by atoms with Crippen molar-refractivity contribution < 1.29 is 13.2 Å². The summed E-state index contributed by atoms with van der Waals surface area (Å²) in [6.45, 7) is -0.0218. The molecule has 0 fully saturated rings. The summed E-state index contributed by atoms with van der Waals surface area (Å²) < 4.78 is 28.3. The predicted molar refractivity (Wildman–Crippen MR) is 137 cm³/mol. The van der Waals surface area contributed by atoms with Gasteiger partial charge in [0.25, 0.3) is 0 Å². The molecule has 1 heterocycles. The second kappa shape index (κ2) is 10.1. The summed E-state index contributed by atoms with van der Waals surface area (Å²) in [6.07, 6.45) is 5.26. The fourth-order valence-electron chi connectivity index (χ4n) is 4.91. The van der Waals surface area contributed by atoms with Crippen LogP contribution in [0, 0.1) is 0 Å². The van der Waals surface area contributed by atoms with E-state index < -0.39 is 10.0 Å². The molecule has 0 bridgehead atoms. The van der Waals surface area contributed by atoms with Crippen molar-refractivity contribution in [1.29, 1.82) is 0 Å². The number of aromatic amines is 1. The molecule has 1 atom stereocenters. The number of carbonyl (C=O) groups excluding carboxylic acids is 1. The highest BCUT2D eigenvalue weighted by molar-refractivity contribution is 7.89. The van der Waals surface area contributed by atoms with E-state index in [-0.39, 0.29) is 29.9 Å². The van der Waals surface area contributed by atoms with Gasteiger partial charge in [-0.25, -0.2) is 8.42 Å². The first-order valence-electron chi connectivity index (χ1n) is 12.0. The Balaban J connectivity index is 1.36. The normalized spacial score (nSPS) is 15.7. The van der Waals surface area contributed by atoms with E-state index in [4.69, 9.17) is 0 Å². The van der Waals surface area contributed by atoms with Crippen LogP contribution in [0.25, 0.3) is 10.9 Å². The van der Waals surface area contributed by atoms with E-state index in [9.17, 15) is 13.2 Å². The Bertz CT molecular complexity index is 1430. The molecule has 3 aromatic carbocycles. The van der Waals surface area contributed by atoms with Crippen LogP contribution in [0.2, 0.25) is 0 Å². The molecule has 0 radical (unpaired) electrons. The molecule has 180 valence electrons. The van der Waals surface area contributed by atoms with Gasteiger partial charge >= 0.3 is 0 Å². The summed E-state index contributed by atoms with van der Waals surface area (Å²) in [5.41, 5.74) is 4.41. The first-order chi connectivity index (χ1) is 17.0. The molecule has 35 heavy (non-hydrogen) atoms. The largest absolute Gasteiger partial charge is 0.361 e. The summed E-state index contributed by atoms with van der Waals surface area (Å²) in [5, 5.41) is 4.16. The molecular formula is C28H29N3O3S. The zero-order valence-electron chi connectivity index (χ0n) is 19.5. The van der Waals surface area contributed by atoms with Crippen LogP contribution in [0.1, 0.15) is 35.6 Å². The minimum absolute atomic E-state index is 0.0950. The summed E-state index contributed by atoms with van der Waals surface area (Å²) >= 11 is 0. The number of hydrogen-bond donors (Lipinski definition) is 2. The van der Waals surface area contributed by atoms with E-state index in [1.807, 2.05) is 42.6 Å². The second-order valence-corrected chi connectivity index (χ2v) is 10.9. The van der Waals surface area contributed by atoms with Crippen molar-refractivity contribution in [2.75, 3.05) is 13.1 Å². The van der Waals surface area contributed by atoms with Crippen LogP contribution in [0.15, 0.2) is 90.0 Å². The van der Waals surface area contributed by atoms with Crippen LogP contribution >= 0.6 is 0 Å². The molecule has 1 aromatic heterocycles. The van der Waals surface area contributed by atoms with Gasteiger partial charge in [0, 0.05) is 23.6 Å². The average Bonchev–Trinajstić information content (AvgIpc) is 3.30. The second-order valence-electron chi connectivity index (χ2n) is 8.97. The van der Waals surface area contributed by atoms with Gasteiger partial charge in [0.2, 0.25) is 15.9 Å². The maximum absolute atomic E-state index is 13.5. The van der Waals surface area contributed by atoms with Crippen LogP contribution in [-0.2, 0) is 27.7 Å². The standard InChI is InChI=1S/C28H29N3O3S/c32-28(30-27-16-8-10-21-9-4-5-13-24(21)27)20-31(35(33,34)23-11-2-1-3-12-23)18-17-22-19-29-26-15-7-6-14-25(22)26/h1-7,9,11-15,19,27,29H,8,10,16-18,20H2,(H,30,32)/t27-/m1/s1. The van der Waals surface area contributed by atoms with Gasteiger partial charge in [0.1, 0.15) is 0 Å². The van der Waals surface area contributed by atoms with Crippen LogP contribution in [0.3, 0.4) is 0 Å². The van der Waals surface area contributed by atoms with Gasteiger partial charge in [0.05, 0.1) is 17.5 Å². The Morgan fingerprint density at radius 3 is 2.57 bits per heavy atom. The Hall–Kier alpha value is -3.42. The van der Waals surface area contributed by atoms with Crippen LogP contribution in [-0.4, -0.2) is 36.7 Å². The maximum atomic E-state index is 13.5. The molecule has 1 amide bonds. The topological polar surface area (TPSA) is 82.3 Å². The van der Waals surface area contributed by atoms with Crippen LogP contribution in [0.4, 0.5) is 0 Å². The molecule has 6 nitrogen and oxygen atoms in total. The highest BCUT2D eigenvalue weighted by atomic mass is 32.2. The molecule has 1 aliphatic carbocycles. The van der Waals surface area contributed by atoms with Gasteiger partial charge in [-0.05, 0) is 60.6 Å². The SMILES string of the molecule is O=C(CN(CCc1c[nH]c2ccccc12)S(=O)(=O)c1ccccc1)N[C@@H]1CCCc2ccccc21. The molecule has 0 spiro atoms. The molecule has 7 heteroatoms. The molecule has 1 aliphatic rings. The summed E-state index contributed by atoms with van der Waals surface area (Å²) in [4.78, 5) is 16.6. The highest BCUT2D eigenvalue weighted by Gasteiger charge is 2.28. The predicted octanol–water partition coefficient (Wildman–Crippen LogP) is 4.60. The Kier molecular flexibility index (Phi) is 6.70. The number of carbonyl (C=O) groups is 1. The molecule has 5 rings (SSSR count). The minimum atomic E-state index is -3.84. The number of sulfonamides is 1. The van der Waals surface area contributed by atoms with E-state index in [1.165, 1.54) is 9.87 Å². The van der Waals surface area contributed by atoms with Gasteiger partial charge in [-0.15, -0.1) is 0 Å². The maximum Gasteiger partial charge on any atom is 0.243 e. The lowest BCUT2D eigenvalue weighted by atomic mass is 9.88. The van der Waals surface area contributed by atoms with E-state index in [0.29, 0.717) is 6.42 Å². The van der Waals surface area contributed by atoms with E-state index in [0.717, 1.165) is 41.3 Å². The minimum Gasteiger partial charge on any atom is -0.361 e. The number of H-pyrrole nitrogens is 1. The number of nitrogens with zero attached hydrogens (tertiary/aromatic N) is 1. The van der Waals surface area contributed by atoms with E-state index in [1.54, 1.807) is 30.3 Å². The molecule has 0 unspecified atom stereocenters. The van der Waals surface area contributed by atoms with Gasteiger partial charge < -0.3 is 10.3 Å². The first kappa shape index (κ1) is 23.3. The smallest absolute Gasteiger partial charge is 0.243 e. The van der Waals surface area contributed by atoms with E-state index >= 15 is 0 Å². The zero-order chi connectivity index (χ0) is 24.3. The summed E-state index contributed by atoms with van der Waals surface area (Å²) in [6, 6.07) is 24.3. The molecule has 4 aromatic rings. The fraction of sp³-hybridized carbons (Fsp3) is 0.250. The molecule has 0 aliphatic heterocycles. The first-order valence-corrected chi connectivity index (χ1v) is 13.4. The third-order valence-corrected chi connectivity index (χ3v) is 8.57. The van der Waals surface area contributed by atoms with Gasteiger partial charge in [-0.3, -0.25) is 4.79 Å². The van der Waals surface area contributed by atoms with Crippen molar-refractivity contribution in [3.63, 3.8) is 0 Å². The van der Waals surface area contributed by atoms with E-state index in [2.05, 4.69) is 22.4 Å². The number of hydrogen-bond acceptors (Lipinski definition) is 3.